The second-order valence-electron chi connectivity index (χ2n) is 3.78. The molecule has 1 aromatic rings. The first-order chi connectivity index (χ1) is 7.26. The van der Waals surface area contributed by atoms with E-state index in [2.05, 4.69) is 34.6 Å². The summed E-state index contributed by atoms with van der Waals surface area (Å²) in [6.45, 7) is 5.33. The minimum Gasteiger partial charge on any atom is -0.320 e. The normalized spacial score (nSPS) is 11.2. The number of hydrogen-bond acceptors (Lipinski definition) is 4. The quantitative estimate of drug-likeness (QED) is 0.719. The molecule has 0 radical (unpaired) electrons. The van der Waals surface area contributed by atoms with Gasteiger partial charge in [0.15, 0.2) is 0 Å². The Morgan fingerprint density at radius 1 is 1.53 bits per heavy atom. The Bertz CT molecular complexity index is 273. The lowest BCUT2D eigenvalue weighted by Gasteiger charge is -2.14. The van der Waals surface area contributed by atoms with Crippen molar-refractivity contribution in [3.05, 3.63) is 16.1 Å². The molecule has 0 unspecified atom stereocenters. The summed E-state index contributed by atoms with van der Waals surface area (Å²) in [5.41, 5.74) is 1.21. The smallest absolute Gasteiger partial charge is 0.0926 e. The second kappa shape index (κ2) is 6.93. The molecule has 0 saturated heterocycles. The third kappa shape index (κ3) is 4.73. The van der Waals surface area contributed by atoms with Crippen LogP contribution in [0.5, 0.6) is 0 Å². The second-order valence-corrected chi connectivity index (χ2v) is 4.72. The molecule has 0 aromatic carbocycles. The zero-order valence-electron chi connectivity index (χ0n) is 9.92. The van der Waals surface area contributed by atoms with Gasteiger partial charge in [-0.3, -0.25) is 0 Å². The summed E-state index contributed by atoms with van der Waals surface area (Å²) in [5.74, 6) is 0. The minimum atomic E-state index is 0.972. The van der Waals surface area contributed by atoms with Gasteiger partial charge < -0.3 is 10.2 Å². The predicted molar refractivity (Wildman–Crippen MR) is 66.4 cm³/mol. The van der Waals surface area contributed by atoms with Crippen LogP contribution in [0.15, 0.2) is 5.38 Å². The van der Waals surface area contributed by atoms with Crippen LogP contribution in [0.3, 0.4) is 0 Å². The van der Waals surface area contributed by atoms with Crippen molar-refractivity contribution < 1.29 is 0 Å². The molecule has 0 atom stereocenters. The number of aryl methyl sites for hydroxylation is 1. The van der Waals surface area contributed by atoms with Gasteiger partial charge >= 0.3 is 0 Å². The Labute approximate surface area is 96.5 Å². The van der Waals surface area contributed by atoms with Crippen LogP contribution in [0, 0.1) is 0 Å². The van der Waals surface area contributed by atoms with E-state index in [9.17, 15) is 0 Å². The molecule has 0 aliphatic heterocycles. The van der Waals surface area contributed by atoms with Crippen LogP contribution in [0.25, 0.3) is 0 Å². The Kier molecular flexibility index (Phi) is 5.83. The molecular weight excluding hydrogens is 206 g/mol. The van der Waals surface area contributed by atoms with E-state index < -0.39 is 0 Å². The standard InChI is InChI=1S/C11H21N3S/c1-4-11-13-10(9-15-11)8-14(3)7-5-6-12-2/h9,12H,4-8H2,1-3H3. The van der Waals surface area contributed by atoms with Crippen molar-refractivity contribution in [3.63, 3.8) is 0 Å². The molecule has 0 aliphatic carbocycles. The molecule has 1 aromatic heterocycles. The summed E-state index contributed by atoms with van der Waals surface area (Å²) in [7, 11) is 4.15. The molecule has 1 N–H and O–H groups in total. The summed E-state index contributed by atoms with van der Waals surface area (Å²) < 4.78 is 0. The highest BCUT2D eigenvalue weighted by atomic mass is 32.1. The maximum Gasteiger partial charge on any atom is 0.0926 e. The molecule has 1 heterocycles. The van der Waals surface area contributed by atoms with Gasteiger partial charge in [-0.2, -0.15) is 0 Å². The van der Waals surface area contributed by atoms with Gasteiger partial charge in [0.25, 0.3) is 0 Å². The van der Waals surface area contributed by atoms with Crippen LogP contribution in [0.4, 0.5) is 0 Å². The van der Waals surface area contributed by atoms with Gasteiger partial charge in [0.2, 0.25) is 0 Å². The summed E-state index contributed by atoms with van der Waals surface area (Å²) in [6, 6.07) is 0. The summed E-state index contributed by atoms with van der Waals surface area (Å²) >= 11 is 1.77. The van der Waals surface area contributed by atoms with Gasteiger partial charge in [0.1, 0.15) is 0 Å². The number of hydrogen-bond donors (Lipinski definition) is 1. The number of thiazole rings is 1. The van der Waals surface area contributed by atoms with E-state index in [1.54, 1.807) is 11.3 Å². The van der Waals surface area contributed by atoms with Crippen LogP contribution >= 0.6 is 11.3 Å². The number of rotatable bonds is 7. The molecule has 3 nitrogen and oxygen atoms in total. The lowest BCUT2D eigenvalue weighted by molar-refractivity contribution is 0.318. The average Bonchev–Trinajstić information content (AvgIpc) is 2.66. The fraction of sp³-hybridized carbons (Fsp3) is 0.727. The highest BCUT2D eigenvalue weighted by Crippen LogP contribution is 2.11. The van der Waals surface area contributed by atoms with E-state index >= 15 is 0 Å². The van der Waals surface area contributed by atoms with Gasteiger partial charge in [-0.1, -0.05) is 6.92 Å². The molecule has 0 fully saturated rings. The highest BCUT2D eigenvalue weighted by Gasteiger charge is 2.03. The average molecular weight is 227 g/mol. The van der Waals surface area contributed by atoms with E-state index in [0.717, 1.165) is 26.1 Å². The first-order valence-electron chi connectivity index (χ1n) is 5.52. The SMILES string of the molecule is CCc1nc(CN(C)CCCNC)cs1. The van der Waals surface area contributed by atoms with Gasteiger partial charge in [0.05, 0.1) is 10.7 Å². The molecule has 15 heavy (non-hydrogen) atoms. The van der Waals surface area contributed by atoms with Crippen LogP contribution in [0.1, 0.15) is 24.0 Å². The Morgan fingerprint density at radius 3 is 2.93 bits per heavy atom. The van der Waals surface area contributed by atoms with Gasteiger partial charge in [-0.15, -0.1) is 11.3 Å². The molecule has 86 valence electrons. The third-order valence-electron chi connectivity index (χ3n) is 2.30. The first-order valence-corrected chi connectivity index (χ1v) is 6.40. The van der Waals surface area contributed by atoms with Crippen molar-refractivity contribution >= 4 is 11.3 Å². The van der Waals surface area contributed by atoms with Crippen LogP contribution in [-0.2, 0) is 13.0 Å². The molecule has 0 saturated carbocycles. The number of aromatic nitrogens is 1. The fourth-order valence-corrected chi connectivity index (χ4v) is 2.20. The maximum atomic E-state index is 4.56. The van der Waals surface area contributed by atoms with E-state index in [1.807, 2.05) is 7.05 Å². The summed E-state index contributed by atoms with van der Waals surface area (Å²) in [5, 5.41) is 6.58. The van der Waals surface area contributed by atoms with E-state index in [1.165, 1.54) is 17.1 Å². The van der Waals surface area contributed by atoms with Crippen LogP contribution < -0.4 is 5.32 Å². The Balaban J connectivity index is 2.27. The molecule has 0 bridgehead atoms. The summed E-state index contributed by atoms with van der Waals surface area (Å²) in [6.07, 6.45) is 2.24. The predicted octanol–water partition coefficient (Wildman–Crippen LogP) is 1.75. The van der Waals surface area contributed by atoms with Crippen LogP contribution in [0.2, 0.25) is 0 Å². The van der Waals surface area contributed by atoms with Crippen molar-refractivity contribution in [3.8, 4) is 0 Å². The van der Waals surface area contributed by atoms with E-state index in [4.69, 9.17) is 0 Å². The lowest BCUT2D eigenvalue weighted by Crippen LogP contribution is -2.22. The van der Waals surface area contributed by atoms with Crippen molar-refractivity contribution in [1.82, 2.24) is 15.2 Å². The molecule has 4 heteroatoms. The molecular formula is C11H21N3S. The molecule has 0 spiro atoms. The van der Waals surface area contributed by atoms with Gasteiger partial charge in [-0.25, -0.2) is 4.98 Å². The number of nitrogens with one attached hydrogen (secondary N) is 1. The molecule has 1 rings (SSSR count). The zero-order valence-corrected chi connectivity index (χ0v) is 10.7. The first kappa shape index (κ1) is 12.6. The monoisotopic (exact) mass is 227 g/mol. The van der Waals surface area contributed by atoms with Crippen LogP contribution in [-0.4, -0.2) is 37.1 Å². The van der Waals surface area contributed by atoms with Gasteiger partial charge in [-0.05, 0) is 40.0 Å². The zero-order chi connectivity index (χ0) is 11.1. The third-order valence-corrected chi connectivity index (χ3v) is 3.34. The van der Waals surface area contributed by atoms with Crippen molar-refractivity contribution in [2.45, 2.75) is 26.3 Å². The number of nitrogens with zero attached hydrogens (tertiary/aromatic N) is 2. The Morgan fingerprint density at radius 2 is 2.33 bits per heavy atom. The fourth-order valence-electron chi connectivity index (χ4n) is 1.47. The van der Waals surface area contributed by atoms with Crippen molar-refractivity contribution in [1.29, 1.82) is 0 Å². The van der Waals surface area contributed by atoms with Crippen molar-refractivity contribution in [2.24, 2.45) is 0 Å². The largest absolute Gasteiger partial charge is 0.320 e. The molecule has 0 amide bonds. The lowest BCUT2D eigenvalue weighted by atomic mass is 10.3. The Hall–Kier alpha value is -0.450. The molecule has 0 aliphatic rings. The van der Waals surface area contributed by atoms with E-state index in [-0.39, 0.29) is 0 Å². The van der Waals surface area contributed by atoms with E-state index in [0.29, 0.717) is 0 Å². The van der Waals surface area contributed by atoms with Gasteiger partial charge in [0, 0.05) is 11.9 Å². The summed E-state index contributed by atoms with van der Waals surface area (Å²) in [4.78, 5) is 6.88. The highest BCUT2D eigenvalue weighted by molar-refractivity contribution is 7.09. The maximum absolute atomic E-state index is 4.56. The minimum absolute atomic E-state index is 0.972. The van der Waals surface area contributed by atoms with Crippen molar-refractivity contribution in [2.75, 3.05) is 27.2 Å². The topological polar surface area (TPSA) is 28.2 Å².